The lowest BCUT2D eigenvalue weighted by Gasteiger charge is -2.14. The molecule has 0 radical (unpaired) electrons. The highest BCUT2D eigenvalue weighted by Gasteiger charge is 2.33. The zero-order valence-corrected chi connectivity index (χ0v) is 17.6. The number of ether oxygens (including phenoxy) is 1. The van der Waals surface area contributed by atoms with Crippen LogP contribution in [0.1, 0.15) is 11.1 Å². The van der Waals surface area contributed by atoms with Gasteiger partial charge in [0.15, 0.2) is 6.61 Å². The summed E-state index contributed by atoms with van der Waals surface area (Å²) in [6.45, 7) is 1.28. The van der Waals surface area contributed by atoms with Gasteiger partial charge < -0.3 is 10.1 Å². The minimum absolute atomic E-state index is 0.0186. The number of hydrogen-bond acceptors (Lipinski definition) is 4. The van der Waals surface area contributed by atoms with E-state index >= 15 is 0 Å². The minimum Gasteiger partial charge on any atom is -0.484 e. The zero-order chi connectivity index (χ0) is 23.4. The predicted molar refractivity (Wildman–Crippen MR) is 114 cm³/mol. The van der Waals surface area contributed by atoms with Crippen molar-refractivity contribution in [2.45, 2.75) is 18.0 Å². The molecule has 0 aliphatic carbocycles. The molecule has 0 fully saturated rings. The first kappa shape index (κ1) is 23.1. The molecular weight excluding hydrogens is 445 g/mol. The topological polar surface area (TPSA) is 84.5 Å². The average Bonchev–Trinajstić information content (AvgIpc) is 2.72. The molecule has 3 aromatic rings. The molecule has 0 heterocycles. The standard InChI is InChI=1S/C22H19F3N2O4S/c1-15-5-4-6-16(13-15)27-32(29,30)18-11-9-17(10-12-18)31-14-21(28)26-20-8-3-2-7-19(20)22(23,24)25/h2-13,27H,14H2,1H3,(H,26,28). The Kier molecular flexibility index (Phi) is 6.73. The Morgan fingerprint density at radius 3 is 2.31 bits per heavy atom. The van der Waals surface area contributed by atoms with Gasteiger partial charge in [0.25, 0.3) is 15.9 Å². The lowest BCUT2D eigenvalue weighted by Crippen LogP contribution is -2.22. The summed E-state index contributed by atoms with van der Waals surface area (Å²) in [5.74, 6) is -0.613. The van der Waals surface area contributed by atoms with E-state index in [-0.39, 0.29) is 16.3 Å². The molecule has 0 spiro atoms. The Hall–Kier alpha value is -3.53. The number of aryl methyl sites for hydroxylation is 1. The number of para-hydroxylation sites is 1. The highest BCUT2D eigenvalue weighted by atomic mass is 32.2. The molecule has 0 aliphatic rings. The van der Waals surface area contributed by atoms with Crippen molar-refractivity contribution in [1.29, 1.82) is 0 Å². The van der Waals surface area contributed by atoms with Crippen LogP contribution in [0.3, 0.4) is 0 Å². The first-order valence-corrected chi connectivity index (χ1v) is 10.8. The molecule has 168 valence electrons. The smallest absolute Gasteiger partial charge is 0.418 e. The van der Waals surface area contributed by atoms with Crippen LogP contribution >= 0.6 is 0 Å². The van der Waals surface area contributed by atoms with Gasteiger partial charge in [-0.15, -0.1) is 0 Å². The van der Waals surface area contributed by atoms with Crippen molar-refractivity contribution in [3.05, 3.63) is 83.9 Å². The van der Waals surface area contributed by atoms with Crippen molar-refractivity contribution in [2.24, 2.45) is 0 Å². The molecule has 0 atom stereocenters. The minimum atomic E-state index is -4.61. The number of hydrogen-bond donors (Lipinski definition) is 2. The number of nitrogens with one attached hydrogen (secondary N) is 2. The van der Waals surface area contributed by atoms with Crippen LogP contribution in [0.15, 0.2) is 77.7 Å². The predicted octanol–water partition coefficient (Wildman–Crippen LogP) is 4.83. The van der Waals surface area contributed by atoms with Crippen LogP contribution in [0.25, 0.3) is 0 Å². The fourth-order valence-electron chi connectivity index (χ4n) is 2.81. The summed E-state index contributed by atoms with van der Waals surface area (Å²) < 4.78 is 71.7. The molecule has 1 amide bonds. The molecule has 10 heteroatoms. The second-order valence-electron chi connectivity index (χ2n) is 6.83. The number of rotatable bonds is 7. The number of benzene rings is 3. The second kappa shape index (κ2) is 9.31. The normalized spacial score (nSPS) is 11.6. The number of sulfonamides is 1. The van der Waals surface area contributed by atoms with Gasteiger partial charge in [0.05, 0.1) is 16.1 Å². The van der Waals surface area contributed by atoms with Gasteiger partial charge in [-0.25, -0.2) is 8.42 Å². The highest BCUT2D eigenvalue weighted by Crippen LogP contribution is 2.34. The second-order valence-corrected chi connectivity index (χ2v) is 8.51. The SMILES string of the molecule is Cc1cccc(NS(=O)(=O)c2ccc(OCC(=O)Nc3ccccc3C(F)(F)F)cc2)c1. The van der Waals surface area contributed by atoms with E-state index in [1.807, 2.05) is 13.0 Å². The Balaban J connectivity index is 1.61. The Morgan fingerprint density at radius 2 is 1.66 bits per heavy atom. The average molecular weight is 464 g/mol. The Bertz CT molecular complexity index is 1210. The van der Waals surface area contributed by atoms with Crippen molar-refractivity contribution in [1.82, 2.24) is 0 Å². The summed E-state index contributed by atoms with van der Waals surface area (Å²) in [7, 11) is -3.83. The third-order valence-corrected chi connectivity index (χ3v) is 5.68. The van der Waals surface area contributed by atoms with Crippen molar-refractivity contribution in [3.8, 4) is 5.75 Å². The first-order chi connectivity index (χ1) is 15.0. The lowest BCUT2D eigenvalue weighted by molar-refractivity contribution is -0.137. The third kappa shape index (κ3) is 6.01. The van der Waals surface area contributed by atoms with Gasteiger partial charge in [-0.3, -0.25) is 9.52 Å². The highest BCUT2D eigenvalue weighted by molar-refractivity contribution is 7.92. The van der Waals surface area contributed by atoms with Crippen LogP contribution in [-0.4, -0.2) is 20.9 Å². The van der Waals surface area contributed by atoms with Crippen LogP contribution in [0.5, 0.6) is 5.75 Å². The van der Waals surface area contributed by atoms with Gasteiger partial charge in [-0.1, -0.05) is 24.3 Å². The molecule has 2 N–H and O–H groups in total. The summed E-state index contributed by atoms with van der Waals surface area (Å²) in [5, 5.41) is 2.16. The molecule has 0 aromatic heterocycles. The maximum atomic E-state index is 13.0. The van der Waals surface area contributed by atoms with E-state index in [9.17, 15) is 26.4 Å². The van der Waals surface area contributed by atoms with Gasteiger partial charge >= 0.3 is 6.18 Å². The van der Waals surface area contributed by atoms with Gasteiger partial charge in [0.1, 0.15) is 5.75 Å². The van der Waals surface area contributed by atoms with Crippen molar-refractivity contribution in [3.63, 3.8) is 0 Å². The van der Waals surface area contributed by atoms with Crippen LogP contribution in [0.4, 0.5) is 24.5 Å². The summed E-state index contributed by atoms with van der Waals surface area (Å²) in [6.07, 6.45) is -4.61. The lowest BCUT2D eigenvalue weighted by atomic mass is 10.1. The van der Waals surface area contributed by atoms with E-state index < -0.39 is 34.3 Å². The third-order valence-electron chi connectivity index (χ3n) is 4.28. The molecule has 0 saturated carbocycles. The number of amides is 1. The Labute approximate surface area is 183 Å². The fourth-order valence-corrected chi connectivity index (χ4v) is 3.86. The first-order valence-electron chi connectivity index (χ1n) is 9.33. The maximum absolute atomic E-state index is 13.0. The molecule has 0 aliphatic heterocycles. The molecule has 0 unspecified atom stereocenters. The summed E-state index contributed by atoms with van der Waals surface area (Å²) in [4.78, 5) is 12.0. The van der Waals surface area contributed by atoms with E-state index in [1.165, 1.54) is 36.4 Å². The monoisotopic (exact) mass is 464 g/mol. The molecule has 3 aromatic carbocycles. The van der Waals surface area contributed by atoms with E-state index in [4.69, 9.17) is 4.74 Å². The van der Waals surface area contributed by atoms with Gasteiger partial charge in [-0.2, -0.15) is 13.2 Å². The summed E-state index contributed by atoms with van der Waals surface area (Å²) in [6, 6.07) is 16.8. The molecule has 32 heavy (non-hydrogen) atoms. The molecule has 6 nitrogen and oxygen atoms in total. The van der Waals surface area contributed by atoms with E-state index in [0.717, 1.165) is 17.7 Å². The number of anilines is 2. The number of halogens is 3. The molecule has 0 saturated heterocycles. The van der Waals surface area contributed by atoms with Crippen molar-refractivity contribution in [2.75, 3.05) is 16.6 Å². The number of alkyl halides is 3. The summed E-state index contributed by atoms with van der Waals surface area (Å²) >= 11 is 0. The number of carbonyl (C=O) groups excluding carboxylic acids is 1. The van der Waals surface area contributed by atoms with Crippen LogP contribution < -0.4 is 14.8 Å². The van der Waals surface area contributed by atoms with Crippen molar-refractivity contribution >= 4 is 27.3 Å². The quantitative estimate of drug-likeness (QED) is 0.525. The number of carbonyl (C=O) groups is 1. The van der Waals surface area contributed by atoms with Crippen molar-refractivity contribution < 1.29 is 31.1 Å². The van der Waals surface area contributed by atoms with Crippen LogP contribution in [0.2, 0.25) is 0 Å². The summed E-state index contributed by atoms with van der Waals surface area (Å²) in [5.41, 5.74) is -0.0347. The molecular formula is C22H19F3N2O4S. The van der Waals surface area contributed by atoms with Crippen LogP contribution in [-0.2, 0) is 21.0 Å². The Morgan fingerprint density at radius 1 is 0.969 bits per heavy atom. The maximum Gasteiger partial charge on any atom is 0.418 e. The van der Waals surface area contributed by atoms with Gasteiger partial charge in [0.2, 0.25) is 0 Å². The molecule has 0 bridgehead atoms. The van der Waals surface area contributed by atoms with Crippen LogP contribution in [0, 0.1) is 6.92 Å². The fraction of sp³-hybridized carbons (Fsp3) is 0.136. The largest absolute Gasteiger partial charge is 0.484 e. The van der Waals surface area contributed by atoms with E-state index in [0.29, 0.717) is 5.69 Å². The van der Waals surface area contributed by atoms with E-state index in [1.54, 1.807) is 18.2 Å². The molecule has 3 rings (SSSR count). The van der Waals surface area contributed by atoms with E-state index in [2.05, 4.69) is 10.0 Å². The van der Waals surface area contributed by atoms with Gasteiger partial charge in [0, 0.05) is 5.69 Å². The van der Waals surface area contributed by atoms with Gasteiger partial charge in [-0.05, 0) is 61.0 Å². The zero-order valence-electron chi connectivity index (χ0n) is 16.8.